The number of rotatable bonds is 4. The van der Waals surface area contributed by atoms with Crippen LogP contribution >= 0.6 is 0 Å². The molecule has 0 aliphatic carbocycles. The van der Waals surface area contributed by atoms with Crippen molar-refractivity contribution in [2.45, 2.75) is 0 Å². The van der Waals surface area contributed by atoms with Crippen LogP contribution in [0.4, 0.5) is 5.69 Å². The van der Waals surface area contributed by atoms with E-state index in [4.69, 9.17) is 14.2 Å². The van der Waals surface area contributed by atoms with Gasteiger partial charge in [-0.15, -0.1) is 0 Å². The Balaban J connectivity index is 2.68. The van der Waals surface area contributed by atoms with Crippen molar-refractivity contribution in [3.63, 3.8) is 0 Å². The van der Waals surface area contributed by atoms with Gasteiger partial charge in [0.05, 0.1) is 32.6 Å². The topological polar surface area (TPSA) is 65.1 Å². The summed E-state index contributed by atoms with van der Waals surface area (Å²) in [6.07, 6.45) is 6.50. The SMILES string of the molecule is COC(=O)C1=C(C(=O)OC)N(c2ccccc2OC)C=CC=C1. The Bertz CT molecular complexity index is 703. The van der Waals surface area contributed by atoms with Gasteiger partial charge in [-0.2, -0.15) is 0 Å². The first-order chi connectivity index (χ1) is 11.1. The quantitative estimate of drug-likeness (QED) is 0.794. The third-order valence-electron chi connectivity index (χ3n) is 3.23. The minimum atomic E-state index is -0.660. The van der Waals surface area contributed by atoms with Crippen LogP contribution in [0.2, 0.25) is 0 Å². The molecular weight excluding hydrogens is 298 g/mol. The molecule has 1 aliphatic heterocycles. The number of carbonyl (C=O) groups excluding carboxylic acids is 2. The van der Waals surface area contributed by atoms with Crippen molar-refractivity contribution in [3.8, 4) is 5.75 Å². The van der Waals surface area contributed by atoms with Crippen LogP contribution in [-0.2, 0) is 19.1 Å². The third kappa shape index (κ3) is 3.26. The highest BCUT2D eigenvalue weighted by Gasteiger charge is 2.28. The van der Waals surface area contributed by atoms with E-state index in [0.29, 0.717) is 11.4 Å². The number of para-hydroxylation sites is 2. The Morgan fingerprint density at radius 3 is 2.30 bits per heavy atom. The lowest BCUT2D eigenvalue weighted by molar-refractivity contribution is -0.139. The van der Waals surface area contributed by atoms with E-state index < -0.39 is 11.9 Å². The molecule has 0 amide bonds. The predicted molar refractivity (Wildman–Crippen MR) is 84.8 cm³/mol. The molecule has 1 aromatic carbocycles. The second-order valence-electron chi connectivity index (χ2n) is 4.49. The van der Waals surface area contributed by atoms with Gasteiger partial charge in [0, 0.05) is 6.20 Å². The van der Waals surface area contributed by atoms with Gasteiger partial charge in [-0.25, -0.2) is 9.59 Å². The van der Waals surface area contributed by atoms with Gasteiger partial charge in [0.25, 0.3) is 0 Å². The van der Waals surface area contributed by atoms with E-state index >= 15 is 0 Å². The molecule has 0 fully saturated rings. The Hall–Kier alpha value is -3.02. The maximum Gasteiger partial charge on any atom is 0.355 e. The molecule has 2 rings (SSSR count). The predicted octanol–water partition coefficient (Wildman–Crippen LogP) is 2.19. The first kappa shape index (κ1) is 16.4. The Labute approximate surface area is 134 Å². The minimum absolute atomic E-state index is 0.0499. The summed E-state index contributed by atoms with van der Waals surface area (Å²) >= 11 is 0. The number of carbonyl (C=O) groups is 2. The summed E-state index contributed by atoms with van der Waals surface area (Å²) in [4.78, 5) is 25.9. The number of nitrogens with zero attached hydrogens (tertiary/aromatic N) is 1. The van der Waals surface area contributed by atoms with Crippen molar-refractivity contribution in [1.29, 1.82) is 0 Å². The zero-order valence-electron chi connectivity index (χ0n) is 13.1. The van der Waals surface area contributed by atoms with Crippen LogP contribution in [0.1, 0.15) is 0 Å². The first-order valence-corrected chi connectivity index (χ1v) is 6.82. The first-order valence-electron chi connectivity index (χ1n) is 6.82. The van der Waals surface area contributed by atoms with Gasteiger partial charge in [0.2, 0.25) is 0 Å². The Morgan fingerprint density at radius 2 is 1.65 bits per heavy atom. The van der Waals surface area contributed by atoms with Gasteiger partial charge in [-0.05, 0) is 24.3 Å². The molecular formula is C17H17NO5. The van der Waals surface area contributed by atoms with Crippen molar-refractivity contribution in [2.75, 3.05) is 26.2 Å². The molecule has 0 bridgehead atoms. The van der Waals surface area contributed by atoms with Crippen molar-refractivity contribution < 1.29 is 23.8 Å². The number of benzene rings is 1. The van der Waals surface area contributed by atoms with Crippen LogP contribution in [-0.4, -0.2) is 33.3 Å². The van der Waals surface area contributed by atoms with Crippen LogP contribution < -0.4 is 9.64 Å². The zero-order chi connectivity index (χ0) is 16.8. The molecule has 23 heavy (non-hydrogen) atoms. The minimum Gasteiger partial charge on any atom is -0.495 e. The van der Waals surface area contributed by atoms with Crippen LogP contribution in [0, 0.1) is 0 Å². The fraction of sp³-hybridized carbons (Fsp3) is 0.176. The molecule has 1 heterocycles. The lowest BCUT2D eigenvalue weighted by Gasteiger charge is -2.24. The highest BCUT2D eigenvalue weighted by Crippen LogP contribution is 2.33. The van der Waals surface area contributed by atoms with Gasteiger partial charge in [-0.1, -0.05) is 18.2 Å². The standard InChI is InChI=1S/C17H17NO5/c1-21-14-10-5-4-9-13(14)18-11-7-6-8-12(16(19)22-2)15(18)17(20)23-3/h4-11H,1-3H3. The van der Waals surface area contributed by atoms with E-state index in [1.165, 1.54) is 32.3 Å². The largest absolute Gasteiger partial charge is 0.495 e. The number of hydrogen-bond donors (Lipinski definition) is 0. The third-order valence-corrected chi connectivity index (χ3v) is 3.23. The summed E-state index contributed by atoms with van der Waals surface area (Å²) < 4.78 is 14.9. The van der Waals surface area contributed by atoms with Crippen molar-refractivity contribution in [1.82, 2.24) is 0 Å². The second-order valence-corrected chi connectivity index (χ2v) is 4.49. The molecule has 0 saturated carbocycles. The fourth-order valence-electron chi connectivity index (χ4n) is 2.18. The van der Waals surface area contributed by atoms with Crippen molar-refractivity contribution >= 4 is 17.6 Å². The maximum absolute atomic E-state index is 12.3. The van der Waals surface area contributed by atoms with E-state index in [0.717, 1.165) is 0 Å². The van der Waals surface area contributed by atoms with Crippen molar-refractivity contribution in [2.24, 2.45) is 0 Å². The summed E-state index contributed by atoms with van der Waals surface area (Å²) in [5, 5.41) is 0. The summed E-state index contributed by atoms with van der Waals surface area (Å²) in [5.41, 5.74) is 0.737. The van der Waals surface area contributed by atoms with Gasteiger partial charge in [0.1, 0.15) is 11.4 Å². The van der Waals surface area contributed by atoms with Crippen molar-refractivity contribution in [3.05, 3.63) is 60.0 Å². The lowest BCUT2D eigenvalue weighted by atomic mass is 10.1. The summed E-state index contributed by atoms with van der Waals surface area (Å²) in [6.45, 7) is 0. The van der Waals surface area contributed by atoms with Crippen LogP contribution in [0.5, 0.6) is 5.75 Å². The monoisotopic (exact) mass is 315 g/mol. The number of anilines is 1. The normalized spacial score (nSPS) is 13.6. The van der Waals surface area contributed by atoms with Crippen LogP contribution in [0.25, 0.3) is 0 Å². The molecule has 0 aromatic heterocycles. The van der Waals surface area contributed by atoms with E-state index in [-0.39, 0.29) is 11.3 Å². The average molecular weight is 315 g/mol. The molecule has 0 spiro atoms. The van der Waals surface area contributed by atoms with E-state index in [1.54, 1.807) is 36.6 Å². The molecule has 6 heteroatoms. The Morgan fingerprint density at radius 1 is 0.957 bits per heavy atom. The van der Waals surface area contributed by atoms with Gasteiger partial charge in [0.15, 0.2) is 0 Å². The summed E-state index contributed by atoms with van der Waals surface area (Å²) in [5.74, 6) is -0.748. The van der Waals surface area contributed by atoms with E-state index in [1.807, 2.05) is 6.07 Å². The van der Waals surface area contributed by atoms with E-state index in [9.17, 15) is 9.59 Å². The molecule has 0 saturated heterocycles. The fourth-order valence-corrected chi connectivity index (χ4v) is 2.18. The van der Waals surface area contributed by atoms with E-state index in [2.05, 4.69) is 0 Å². The molecule has 1 aromatic rings. The Kier molecular flexibility index (Phi) is 5.19. The van der Waals surface area contributed by atoms with Gasteiger partial charge >= 0.3 is 11.9 Å². The van der Waals surface area contributed by atoms with Gasteiger partial charge in [-0.3, -0.25) is 0 Å². The van der Waals surface area contributed by atoms with Crippen LogP contribution in [0.3, 0.4) is 0 Å². The number of hydrogen-bond acceptors (Lipinski definition) is 6. The lowest BCUT2D eigenvalue weighted by Crippen LogP contribution is -2.27. The van der Waals surface area contributed by atoms with Gasteiger partial charge < -0.3 is 19.1 Å². The summed E-state index contributed by atoms with van der Waals surface area (Å²) in [6, 6.07) is 7.14. The number of esters is 2. The molecule has 0 atom stereocenters. The number of ether oxygens (including phenoxy) is 3. The smallest absolute Gasteiger partial charge is 0.355 e. The molecule has 1 aliphatic rings. The highest BCUT2D eigenvalue weighted by molar-refractivity contribution is 6.05. The van der Waals surface area contributed by atoms with Crippen LogP contribution in [0.15, 0.2) is 60.0 Å². The number of methoxy groups -OCH3 is 3. The molecule has 6 nitrogen and oxygen atoms in total. The molecule has 0 radical (unpaired) electrons. The zero-order valence-corrected chi connectivity index (χ0v) is 13.1. The number of allylic oxidation sites excluding steroid dienone is 2. The highest BCUT2D eigenvalue weighted by atomic mass is 16.5. The average Bonchev–Trinajstić information content (AvgIpc) is 2.83. The summed E-state index contributed by atoms with van der Waals surface area (Å²) in [7, 11) is 4.04. The molecule has 0 N–H and O–H groups in total. The second kappa shape index (κ2) is 7.31. The maximum atomic E-state index is 12.3. The molecule has 120 valence electrons. The molecule has 0 unspecified atom stereocenters.